The van der Waals surface area contributed by atoms with Crippen molar-refractivity contribution in [1.82, 2.24) is 0 Å². The van der Waals surface area contributed by atoms with E-state index in [-0.39, 0.29) is 26.9 Å². The van der Waals surface area contributed by atoms with E-state index >= 15 is 0 Å². The molecule has 35 heavy (non-hydrogen) atoms. The van der Waals surface area contributed by atoms with Crippen molar-refractivity contribution in [1.29, 1.82) is 0 Å². The van der Waals surface area contributed by atoms with E-state index in [1.54, 1.807) is 24.3 Å². The molecule has 0 saturated carbocycles. The van der Waals surface area contributed by atoms with Gasteiger partial charge in [0.15, 0.2) is 0 Å². The molecule has 1 amide bonds. The number of aliphatic hydroxyl groups is 1. The molecule has 6 nitrogen and oxygen atoms in total. The highest BCUT2D eigenvalue weighted by atomic mass is 35.5. The molecule has 4 rings (SSSR count). The molecule has 0 aromatic heterocycles. The molecule has 1 saturated heterocycles. The number of aliphatic hydroxyl groups excluding tert-OH is 1. The summed E-state index contributed by atoms with van der Waals surface area (Å²) in [5.41, 5.74) is 2.00. The lowest BCUT2D eigenvalue weighted by Gasteiger charge is -2.27. The summed E-state index contributed by atoms with van der Waals surface area (Å²) in [6.07, 6.45) is 0. The lowest BCUT2D eigenvalue weighted by atomic mass is 9.92. The van der Waals surface area contributed by atoms with Gasteiger partial charge >= 0.3 is 0 Å². The number of amides is 1. The highest BCUT2D eigenvalue weighted by molar-refractivity contribution is 6.52. The standard InChI is InChI=1S/C27H23Cl2NO5/c1-4-35-18-10-7-9-17(14-18)30-23(19-11-6-5-8-15(19)2)22(25(32)27(30)33)24(31)20-12-16(28)13-21(29)26(20)34-3/h5-14,23,31H,4H2,1-3H3/b24-22+. The second-order valence-electron chi connectivity index (χ2n) is 7.92. The van der Waals surface area contributed by atoms with E-state index in [4.69, 9.17) is 32.7 Å². The van der Waals surface area contributed by atoms with Crippen LogP contribution >= 0.6 is 23.2 Å². The predicted molar refractivity (Wildman–Crippen MR) is 137 cm³/mol. The topological polar surface area (TPSA) is 76.1 Å². The third-order valence-corrected chi connectivity index (χ3v) is 6.30. The zero-order valence-electron chi connectivity index (χ0n) is 19.3. The molecule has 1 atom stereocenters. The number of anilines is 1. The Kier molecular flexibility index (Phi) is 7.05. The maximum absolute atomic E-state index is 13.4. The van der Waals surface area contributed by atoms with Gasteiger partial charge in [-0.25, -0.2) is 0 Å². The lowest BCUT2D eigenvalue weighted by Crippen LogP contribution is -2.29. The van der Waals surface area contributed by atoms with Crippen molar-refractivity contribution in [2.24, 2.45) is 0 Å². The van der Waals surface area contributed by atoms with Crippen molar-refractivity contribution in [3.63, 3.8) is 0 Å². The fourth-order valence-corrected chi connectivity index (χ4v) is 4.84. The number of halogens is 2. The Labute approximate surface area is 213 Å². The number of carbonyl (C=O) groups is 2. The van der Waals surface area contributed by atoms with Gasteiger partial charge in [-0.3, -0.25) is 14.5 Å². The zero-order chi connectivity index (χ0) is 25.3. The Bertz CT molecular complexity index is 1350. The van der Waals surface area contributed by atoms with Gasteiger partial charge < -0.3 is 14.6 Å². The quantitative estimate of drug-likeness (QED) is 0.237. The van der Waals surface area contributed by atoms with Crippen LogP contribution in [-0.4, -0.2) is 30.5 Å². The first kappa shape index (κ1) is 24.6. The van der Waals surface area contributed by atoms with Crippen LogP contribution in [0.5, 0.6) is 11.5 Å². The van der Waals surface area contributed by atoms with E-state index in [0.717, 1.165) is 5.56 Å². The molecular formula is C27H23Cl2NO5. The van der Waals surface area contributed by atoms with Crippen LogP contribution in [0.2, 0.25) is 10.0 Å². The molecule has 3 aromatic rings. The fraction of sp³-hybridized carbons (Fsp3) is 0.185. The Morgan fingerprint density at radius 3 is 2.49 bits per heavy atom. The summed E-state index contributed by atoms with van der Waals surface area (Å²) in [5.74, 6) is -1.35. The van der Waals surface area contributed by atoms with Crippen LogP contribution in [0, 0.1) is 6.92 Å². The highest BCUT2D eigenvalue weighted by Gasteiger charge is 2.47. The number of nitrogens with zero attached hydrogens (tertiary/aromatic N) is 1. The Hall–Kier alpha value is -3.48. The molecule has 0 spiro atoms. The van der Waals surface area contributed by atoms with Gasteiger partial charge in [-0.1, -0.05) is 53.5 Å². The van der Waals surface area contributed by atoms with Crippen LogP contribution in [0.3, 0.4) is 0 Å². The van der Waals surface area contributed by atoms with E-state index in [1.165, 1.54) is 24.1 Å². The van der Waals surface area contributed by atoms with Crippen molar-refractivity contribution in [3.8, 4) is 11.5 Å². The summed E-state index contributed by atoms with van der Waals surface area (Å²) >= 11 is 12.5. The predicted octanol–water partition coefficient (Wildman–Crippen LogP) is 6.34. The average molecular weight is 512 g/mol. The fourth-order valence-electron chi connectivity index (χ4n) is 4.27. The van der Waals surface area contributed by atoms with Crippen molar-refractivity contribution < 1.29 is 24.2 Å². The SMILES string of the molecule is CCOc1cccc(N2C(=O)C(=O)/C(=C(/O)c3cc(Cl)cc(Cl)c3OC)C2c2ccccc2C)c1. The summed E-state index contributed by atoms with van der Waals surface area (Å²) < 4.78 is 11.0. The van der Waals surface area contributed by atoms with E-state index in [1.807, 2.05) is 38.1 Å². The van der Waals surface area contributed by atoms with Crippen LogP contribution < -0.4 is 14.4 Å². The maximum Gasteiger partial charge on any atom is 0.300 e. The minimum Gasteiger partial charge on any atom is -0.507 e. The molecule has 0 bridgehead atoms. The molecule has 3 aromatic carbocycles. The third-order valence-electron chi connectivity index (χ3n) is 5.80. The minimum atomic E-state index is -0.907. The van der Waals surface area contributed by atoms with Crippen LogP contribution in [0.15, 0.2) is 66.2 Å². The first-order valence-corrected chi connectivity index (χ1v) is 11.7. The number of Topliss-reactive ketones (excluding diaryl/α,β-unsaturated/α-hetero) is 1. The monoisotopic (exact) mass is 511 g/mol. The van der Waals surface area contributed by atoms with Gasteiger partial charge in [0.05, 0.1) is 35.9 Å². The van der Waals surface area contributed by atoms with Crippen LogP contribution in [-0.2, 0) is 9.59 Å². The van der Waals surface area contributed by atoms with Gasteiger partial charge in [-0.05, 0) is 49.2 Å². The highest BCUT2D eigenvalue weighted by Crippen LogP contribution is 2.45. The molecule has 0 radical (unpaired) electrons. The van der Waals surface area contributed by atoms with Gasteiger partial charge in [0.25, 0.3) is 11.7 Å². The van der Waals surface area contributed by atoms with Crippen molar-refractivity contribution in [3.05, 3.63) is 93.0 Å². The molecule has 8 heteroatoms. The molecule has 1 unspecified atom stereocenters. The largest absolute Gasteiger partial charge is 0.507 e. The second kappa shape index (κ2) is 10.0. The zero-order valence-corrected chi connectivity index (χ0v) is 20.9. The number of methoxy groups -OCH3 is 1. The number of hydrogen-bond acceptors (Lipinski definition) is 5. The summed E-state index contributed by atoms with van der Waals surface area (Å²) in [5, 5.41) is 11.9. The molecule has 1 fully saturated rings. The van der Waals surface area contributed by atoms with E-state index in [9.17, 15) is 14.7 Å². The van der Waals surface area contributed by atoms with Crippen LogP contribution in [0.25, 0.3) is 5.76 Å². The van der Waals surface area contributed by atoms with E-state index < -0.39 is 23.5 Å². The maximum atomic E-state index is 13.4. The number of benzene rings is 3. The number of carbonyl (C=O) groups excluding carboxylic acids is 2. The molecule has 1 heterocycles. The summed E-state index contributed by atoms with van der Waals surface area (Å²) in [4.78, 5) is 28.2. The number of rotatable bonds is 6. The summed E-state index contributed by atoms with van der Waals surface area (Å²) in [6.45, 7) is 4.18. The summed E-state index contributed by atoms with van der Waals surface area (Å²) in [6, 6.07) is 16.3. The van der Waals surface area contributed by atoms with Gasteiger partial charge in [-0.2, -0.15) is 0 Å². The first-order chi connectivity index (χ1) is 16.8. The Morgan fingerprint density at radius 1 is 1.06 bits per heavy atom. The van der Waals surface area contributed by atoms with Crippen LogP contribution in [0.1, 0.15) is 29.7 Å². The molecule has 1 aliphatic heterocycles. The molecule has 1 N–H and O–H groups in total. The number of ketones is 1. The number of ether oxygens (including phenoxy) is 2. The first-order valence-electron chi connectivity index (χ1n) is 10.9. The van der Waals surface area contributed by atoms with Gasteiger partial charge in [0.1, 0.15) is 17.3 Å². The van der Waals surface area contributed by atoms with Gasteiger partial charge in [0.2, 0.25) is 0 Å². The van der Waals surface area contributed by atoms with Crippen molar-refractivity contribution in [2.45, 2.75) is 19.9 Å². The smallest absolute Gasteiger partial charge is 0.300 e. The molecular weight excluding hydrogens is 489 g/mol. The van der Waals surface area contributed by atoms with Gasteiger partial charge in [-0.15, -0.1) is 0 Å². The van der Waals surface area contributed by atoms with Crippen molar-refractivity contribution in [2.75, 3.05) is 18.6 Å². The van der Waals surface area contributed by atoms with Crippen LogP contribution in [0.4, 0.5) is 5.69 Å². The Morgan fingerprint density at radius 2 is 1.80 bits per heavy atom. The Balaban J connectivity index is 2.01. The number of aryl methyl sites for hydroxylation is 1. The normalized spacial score (nSPS) is 17.1. The molecule has 1 aliphatic rings. The minimum absolute atomic E-state index is 0.0947. The lowest BCUT2D eigenvalue weighted by molar-refractivity contribution is -0.132. The van der Waals surface area contributed by atoms with E-state index in [2.05, 4.69) is 0 Å². The number of hydrogen-bond donors (Lipinski definition) is 1. The van der Waals surface area contributed by atoms with Crippen molar-refractivity contribution >= 4 is 46.3 Å². The second-order valence-corrected chi connectivity index (χ2v) is 8.77. The molecule has 180 valence electrons. The third kappa shape index (κ3) is 4.47. The summed E-state index contributed by atoms with van der Waals surface area (Å²) in [7, 11) is 1.39. The average Bonchev–Trinajstić information content (AvgIpc) is 3.09. The van der Waals surface area contributed by atoms with Gasteiger partial charge in [0, 0.05) is 16.8 Å². The van der Waals surface area contributed by atoms with E-state index in [0.29, 0.717) is 23.6 Å². The molecule has 0 aliphatic carbocycles.